The van der Waals surface area contributed by atoms with Gasteiger partial charge in [0.1, 0.15) is 12.1 Å². The van der Waals surface area contributed by atoms with Crippen LogP contribution in [-0.2, 0) is 19.1 Å². The molecule has 6 heteroatoms. The Balaban J connectivity index is 2.80. The minimum Gasteiger partial charge on any atom is -0.467 e. The Morgan fingerprint density at radius 2 is 2.11 bits per heavy atom. The highest BCUT2D eigenvalue weighted by atomic mass is 16.5. The average molecular weight is 256 g/mol. The van der Waals surface area contributed by atoms with Crippen molar-refractivity contribution in [3.8, 4) is 0 Å². The maximum absolute atomic E-state index is 12.3. The highest BCUT2D eigenvalue weighted by molar-refractivity contribution is 5.89. The zero-order valence-electron chi connectivity index (χ0n) is 11.0. The van der Waals surface area contributed by atoms with Crippen molar-refractivity contribution in [2.45, 2.75) is 38.8 Å². The SMILES string of the molecule is COC(=O)C1CCCN1C(=O)C(NC=O)C(C)C. The lowest BCUT2D eigenvalue weighted by Gasteiger charge is -2.28. The molecule has 102 valence electrons. The van der Waals surface area contributed by atoms with Gasteiger partial charge in [0.2, 0.25) is 12.3 Å². The van der Waals surface area contributed by atoms with Crippen molar-refractivity contribution in [3.05, 3.63) is 0 Å². The van der Waals surface area contributed by atoms with E-state index in [1.165, 1.54) is 12.0 Å². The van der Waals surface area contributed by atoms with Gasteiger partial charge >= 0.3 is 5.97 Å². The molecule has 2 atom stereocenters. The van der Waals surface area contributed by atoms with Crippen LogP contribution in [0.15, 0.2) is 0 Å². The van der Waals surface area contributed by atoms with Crippen LogP contribution in [0, 0.1) is 5.92 Å². The van der Waals surface area contributed by atoms with Crippen LogP contribution in [0.1, 0.15) is 26.7 Å². The van der Waals surface area contributed by atoms with E-state index in [-0.39, 0.29) is 11.8 Å². The molecule has 1 saturated heterocycles. The number of nitrogens with zero attached hydrogens (tertiary/aromatic N) is 1. The van der Waals surface area contributed by atoms with E-state index < -0.39 is 18.1 Å². The average Bonchev–Trinajstić information content (AvgIpc) is 2.82. The predicted molar refractivity (Wildman–Crippen MR) is 64.6 cm³/mol. The van der Waals surface area contributed by atoms with Gasteiger partial charge < -0.3 is 15.0 Å². The molecule has 18 heavy (non-hydrogen) atoms. The number of rotatable bonds is 5. The first-order valence-electron chi connectivity index (χ1n) is 6.11. The van der Waals surface area contributed by atoms with Crippen molar-refractivity contribution in [1.82, 2.24) is 10.2 Å². The number of hydrogen-bond donors (Lipinski definition) is 1. The summed E-state index contributed by atoms with van der Waals surface area (Å²) in [6.45, 7) is 4.23. The summed E-state index contributed by atoms with van der Waals surface area (Å²) >= 11 is 0. The predicted octanol–water partition coefficient (Wildman–Crippen LogP) is -0.0790. The Morgan fingerprint density at radius 1 is 1.44 bits per heavy atom. The Labute approximate surface area is 107 Å². The fourth-order valence-electron chi connectivity index (χ4n) is 2.21. The molecule has 0 spiro atoms. The van der Waals surface area contributed by atoms with Gasteiger partial charge in [-0.1, -0.05) is 13.8 Å². The number of carbonyl (C=O) groups excluding carboxylic acids is 3. The van der Waals surface area contributed by atoms with E-state index in [9.17, 15) is 14.4 Å². The molecule has 0 radical (unpaired) electrons. The zero-order chi connectivity index (χ0) is 13.7. The highest BCUT2D eigenvalue weighted by Gasteiger charge is 2.38. The summed E-state index contributed by atoms with van der Waals surface area (Å²) in [7, 11) is 1.31. The largest absolute Gasteiger partial charge is 0.467 e. The van der Waals surface area contributed by atoms with Crippen LogP contribution >= 0.6 is 0 Å². The van der Waals surface area contributed by atoms with E-state index in [4.69, 9.17) is 4.74 Å². The van der Waals surface area contributed by atoms with Gasteiger partial charge in [-0.25, -0.2) is 4.79 Å². The van der Waals surface area contributed by atoms with E-state index in [1.54, 1.807) is 0 Å². The zero-order valence-corrected chi connectivity index (χ0v) is 11.0. The van der Waals surface area contributed by atoms with E-state index in [1.807, 2.05) is 13.8 Å². The molecule has 0 aliphatic carbocycles. The third-order valence-electron chi connectivity index (χ3n) is 3.19. The molecule has 0 bridgehead atoms. The van der Waals surface area contributed by atoms with Gasteiger partial charge in [-0.3, -0.25) is 9.59 Å². The summed E-state index contributed by atoms with van der Waals surface area (Å²) in [5.74, 6) is -0.638. The van der Waals surface area contributed by atoms with Crippen LogP contribution in [0.2, 0.25) is 0 Å². The second-order valence-corrected chi connectivity index (χ2v) is 4.72. The molecule has 0 saturated carbocycles. The molecule has 1 aliphatic heterocycles. The summed E-state index contributed by atoms with van der Waals surface area (Å²) in [5.41, 5.74) is 0. The van der Waals surface area contributed by atoms with Gasteiger partial charge in [0.25, 0.3) is 0 Å². The maximum Gasteiger partial charge on any atom is 0.328 e. The summed E-state index contributed by atoms with van der Waals surface area (Å²) in [6, 6.07) is -1.11. The molecule has 1 N–H and O–H groups in total. The Bertz CT molecular complexity index is 330. The Hall–Kier alpha value is -1.59. The summed E-state index contributed by atoms with van der Waals surface area (Å²) in [6.07, 6.45) is 1.91. The summed E-state index contributed by atoms with van der Waals surface area (Å²) in [4.78, 5) is 35.9. The monoisotopic (exact) mass is 256 g/mol. The fourth-order valence-corrected chi connectivity index (χ4v) is 2.21. The van der Waals surface area contributed by atoms with Crippen LogP contribution in [0.3, 0.4) is 0 Å². The number of carbonyl (C=O) groups is 3. The Morgan fingerprint density at radius 3 is 2.61 bits per heavy atom. The quantitative estimate of drug-likeness (QED) is 0.551. The molecular weight excluding hydrogens is 236 g/mol. The van der Waals surface area contributed by atoms with Crippen molar-refractivity contribution < 1.29 is 19.1 Å². The molecule has 2 unspecified atom stereocenters. The van der Waals surface area contributed by atoms with Crippen LogP contribution in [0.5, 0.6) is 0 Å². The number of nitrogens with one attached hydrogen (secondary N) is 1. The standard InChI is InChI=1S/C12H20N2O4/c1-8(2)10(13-7-15)11(16)14-6-4-5-9(14)12(17)18-3/h7-10H,4-6H2,1-3H3,(H,13,15). The lowest BCUT2D eigenvalue weighted by Crippen LogP contribution is -2.52. The van der Waals surface area contributed by atoms with Crippen molar-refractivity contribution in [1.29, 1.82) is 0 Å². The van der Waals surface area contributed by atoms with E-state index in [0.29, 0.717) is 19.4 Å². The number of ether oxygens (including phenoxy) is 1. The number of likely N-dealkylation sites (tertiary alicyclic amines) is 1. The van der Waals surface area contributed by atoms with Gasteiger partial charge in [0, 0.05) is 6.54 Å². The van der Waals surface area contributed by atoms with E-state index in [0.717, 1.165) is 6.42 Å². The van der Waals surface area contributed by atoms with E-state index in [2.05, 4.69) is 5.32 Å². The first-order chi connectivity index (χ1) is 8.52. The molecule has 0 aromatic rings. The molecular formula is C12H20N2O4. The Kier molecular flexibility index (Phi) is 5.12. The first kappa shape index (κ1) is 14.5. The second kappa shape index (κ2) is 6.37. The van der Waals surface area contributed by atoms with Crippen molar-refractivity contribution in [3.63, 3.8) is 0 Å². The molecule has 1 fully saturated rings. The second-order valence-electron chi connectivity index (χ2n) is 4.72. The topological polar surface area (TPSA) is 75.7 Å². The van der Waals surface area contributed by atoms with Gasteiger partial charge in [-0.05, 0) is 18.8 Å². The molecule has 0 aromatic carbocycles. The van der Waals surface area contributed by atoms with E-state index >= 15 is 0 Å². The molecule has 1 aliphatic rings. The molecule has 6 nitrogen and oxygen atoms in total. The number of hydrogen-bond acceptors (Lipinski definition) is 4. The number of esters is 1. The van der Waals surface area contributed by atoms with Gasteiger partial charge in [-0.2, -0.15) is 0 Å². The lowest BCUT2D eigenvalue weighted by molar-refractivity contribution is -0.152. The molecule has 1 heterocycles. The van der Waals surface area contributed by atoms with Crippen molar-refractivity contribution in [2.75, 3.05) is 13.7 Å². The number of amides is 2. The molecule has 2 amide bonds. The minimum atomic E-state index is -0.590. The lowest BCUT2D eigenvalue weighted by atomic mass is 10.0. The number of methoxy groups -OCH3 is 1. The van der Waals surface area contributed by atoms with Crippen LogP contribution in [0.25, 0.3) is 0 Å². The van der Waals surface area contributed by atoms with Gasteiger partial charge in [0.15, 0.2) is 0 Å². The fraction of sp³-hybridized carbons (Fsp3) is 0.750. The van der Waals surface area contributed by atoms with Crippen LogP contribution in [-0.4, -0.2) is 48.9 Å². The third-order valence-corrected chi connectivity index (χ3v) is 3.19. The molecule has 0 aromatic heterocycles. The summed E-state index contributed by atoms with van der Waals surface area (Å²) < 4.78 is 4.69. The maximum atomic E-state index is 12.3. The summed E-state index contributed by atoms with van der Waals surface area (Å²) in [5, 5.41) is 2.51. The van der Waals surface area contributed by atoms with Crippen LogP contribution < -0.4 is 5.32 Å². The van der Waals surface area contributed by atoms with Crippen LogP contribution in [0.4, 0.5) is 0 Å². The smallest absolute Gasteiger partial charge is 0.328 e. The van der Waals surface area contributed by atoms with Crippen molar-refractivity contribution >= 4 is 18.3 Å². The van der Waals surface area contributed by atoms with Crippen molar-refractivity contribution in [2.24, 2.45) is 5.92 Å². The third kappa shape index (κ3) is 3.00. The molecule has 1 rings (SSSR count). The first-order valence-corrected chi connectivity index (χ1v) is 6.11. The van der Waals surface area contributed by atoms with Gasteiger partial charge in [-0.15, -0.1) is 0 Å². The normalized spacial score (nSPS) is 20.7. The minimum absolute atomic E-state index is 0.0263. The highest BCUT2D eigenvalue weighted by Crippen LogP contribution is 2.20. The van der Waals surface area contributed by atoms with Gasteiger partial charge in [0.05, 0.1) is 7.11 Å².